The lowest BCUT2D eigenvalue weighted by molar-refractivity contribution is -0.0432. The molecule has 0 aliphatic carbocycles. The van der Waals surface area contributed by atoms with Gasteiger partial charge in [0.1, 0.15) is 12.3 Å². The second kappa shape index (κ2) is 6.11. The van der Waals surface area contributed by atoms with E-state index in [0.29, 0.717) is 11.2 Å². The lowest BCUT2D eigenvalue weighted by atomic mass is 10.2. The van der Waals surface area contributed by atoms with Crippen LogP contribution in [0, 0.1) is 0 Å². The van der Waals surface area contributed by atoms with Crippen LogP contribution in [0.15, 0.2) is 6.33 Å². The van der Waals surface area contributed by atoms with Gasteiger partial charge >= 0.3 is 0 Å². The van der Waals surface area contributed by atoms with Crippen LogP contribution in [-0.4, -0.2) is 59.3 Å². The Hall–Kier alpha value is -1.23. The van der Waals surface area contributed by atoms with Crippen LogP contribution in [0.25, 0.3) is 11.2 Å². The first-order valence-electron chi connectivity index (χ1n) is 6.42. The summed E-state index contributed by atoms with van der Waals surface area (Å²) in [6.45, 7) is -0.286. The number of nitrogens with one attached hydrogen (secondary N) is 1. The maximum absolute atomic E-state index is 9.82. The topological polar surface area (TPSA) is 126 Å². The number of hydrogen-bond donors (Lipinski definition) is 4. The van der Waals surface area contributed by atoms with Crippen LogP contribution in [0.3, 0.4) is 0 Å². The van der Waals surface area contributed by atoms with Gasteiger partial charge in [0.2, 0.25) is 11.0 Å². The molecule has 0 bridgehead atoms. The summed E-state index contributed by atoms with van der Waals surface area (Å²) in [6, 6.07) is 0. The van der Waals surface area contributed by atoms with Gasteiger partial charge < -0.3 is 25.4 Å². The average molecular weight is 350 g/mol. The van der Waals surface area contributed by atoms with Gasteiger partial charge in [-0.1, -0.05) is 11.6 Å². The first-order valence-corrected chi connectivity index (χ1v) is 7.24. The molecule has 4 atom stereocenters. The lowest BCUT2D eigenvalue weighted by Gasteiger charge is -2.14. The predicted molar refractivity (Wildman–Crippen MR) is 77.4 cm³/mol. The van der Waals surface area contributed by atoms with E-state index in [9.17, 15) is 10.2 Å². The summed E-state index contributed by atoms with van der Waals surface area (Å²) in [4.78, 5) is 12.2. The van der Waals surface area contributed by atoms with E-state index in [0.717, 1.165) is 0 Å². The van der Waals surface area contributed by atoms with Gasteiger partial charge in [-0.05, 0) is 11.6 Å². The molecule has 0 amide bonds. The number of aliphatic hydroxyl groups excluding tert-OH is 3. The monoisotopic (exact) mass is 349 g/mol. The molecule has 0 saturated carbocycles. The molecule has 3 rings (SSSR count). The van der Waals surface area contributed by atoms with Crippen LogP contribution < -0.4 is 5.32 Å². The van der Waals surface area contributed by atoms with E-state index in [2.05, 4.69) is 20.3 Å². The minimum absolute atomic E-state index is 0.0636. The van der Waals surface area contributed by atoms with Crippen molar-refractivity contribution in [1.29, 1.82) is 0 Å². The van der Waals surface area contributed by atoms with Crippen molar-refractivity contribution in [2.45, 2.75) is 30.5 Å². The van der Waals surface area contributed by atoms with Crippen LogP contribution in [-0.2, 0) is 4.74 Å². The molecule has 22 heavy (non-hydrogen) atoms. The molecule has 2 unspecified atom stereocenters. The molecule has 1 fully saturated rings. The Morgan fingerprint density at radius 1 is 1.50 bits per heavy atom. The van der Waals surface area contributed by atoms with Crippen LogP contribution in [0.2, 0.25) is 5.28 Å². The first kappa shape index (κ1) is 15.7. The van der Waals surface area contributed by atoms with Crippen LogP contribution in [0.5, 0.6) is 0 Å². The molecule has 0 spiro atoms. The number of anilines is 1. The van der Waals surface area contributed by atoms with E-state index in [1.165, 1.54) is 6.33 Å². The predicted octanol–water partition coefficient (Wildman–Crippen LogP) is 0.0470. The average Bonchev–Trinajstić information content (AvgIpc) is 3.01. The minimum atomic E-state index is -1.36. The van der Waals surface area contributed by atoms with E-state index in [1.807, 2.05) is 0 Å². The number of aliphatic hydroxyl groups is 3. The fraction of sp³-hybridized carbons (Fsp3) is 0.545. The van der Waals surface area contributed by atoms with Gasteiger partial charge in [0.05, 0.1) is 19.0 Å². The summed E-state index contributed by atoms with van der Waals surface area (Å²) in [5, 5.41) is 30.6. The molecule has 9 nitrogen and oxygen atoms in total. The summed E-state index contributed by atoms with van der Waals surface area (Å²) in [6.07, 6.45) is -0.261. The van der Waals surface area contributed by atoms with Crippen molar-refractivity contribution in [2.75, 3.05) is 11.9 Å². The third-order valence-corrected chi connectivity index (χ3v) is 3.62. The SMILES string of the molecule is OC[C@H]1O[C@@H](n2cnc3c(NC(O)Cl)nc(Cl)nc32)CC1O. The minimum Gasteiger partial charge on any atom is -0.394 e. The molecule has 4 N–H and O–H groups in total. The second-order valence-corrected chi connectivity index (χ2v) is 5.51. The highest BCUT2D eigenvalue weighted by molar-refractivity contribution is 6.28. The molecular weight excluding hydrogens is 337 g/mol. The molecule has 1 aliphatic rings. The van der Waals surface area contributed by atoms with Gasteiger partial charge in [-0.15, -0.1) is 0 Å². The first-order chi connectivity index (χ1) is 10.5. The maximum atomic E-state index is 9.82. The van der Waals surface area contributed by atoms with E-state index in [-0.39, 0.29) is 24.1 Å². The Bertz CT molecular complexity index is 682. The van der Waals surface area contributed by atoms with Crippen LogP contribution in [0.4, 0.5) is 5.82 Å². The summed E-state index contributed by atoms with van der Waals surface area (Å²) in [5.74, 6) is 0.175. The molecule has 0 aromatic carbocycles. The highest BCUT2D eigenvalue weighted by Gasteiger charge is 2.35. The standard InChI is InChI=1S/C11H13Cl2N5O4/c12-10-15-8(16-11(13)21)7-9(17-10)18(3-14-7)6-1-4(20)5(2-19)22-6/h3-6,11,19-21H,1-2H2,(H,15,16,17)/t4?,5-,6-,11?/m1/s1. The summed E-state index contributed by atoms with van der Waals surface area (Å²) < 4.78 is 7.14. The number of rotatable bonds is 4. The molecule has 120 valence electrons. The van der Waals surface area contributed by atoms with E-state index < -0.39 is 24.1 Å². The number of aromatic nitrogens is 4. The number of fused-ring (bicyclic) bond motifs is 1. The van der Waals surface area contributed by atoms with Gasteiger partial charge in [0.25, 0.3) is 0 Å². The molecule has 1 saturated heterocycles. The lowest BCUT2D eigenvalue weighted by Crippen LogP contribution is -2.24. The quantitative estimate of drug-likeness (QED) is 0.264. The molecular formula is C11H13Cl2N5O4. The normalized spacial score (nSPS) is 26.5. The Morgan fingerprint density at radius 3 is 2.91 bits per heavy atom. The van der Waals surface area contributed by atoms with E-state index >= 15 is 0 Å². The van der Waals surface area contributed by atoms with E-state index in [1.54, 1.807) is 4.57 Å². The number of imidazole rings is 1. The fourth-order valence-electron chi connectivity index (χ4n) is 2.36. The van der Waals surface area contributed by atoms with Crippen LogP contribution >= 0.6 is 23.2 Å². The molecule has 0 radical (unpaired) electrons. The molecule has 3 heterocycles. The van der Waals surface area contributed by atoms with Crippen molar-refractivity contribution in [2.24, 2.45) is 0 Å². The Kier molecular flexibility index (Phi) is 4.35. The van der Waals surface area contributed by atoms with Crippen molar-refractivity contribution < 1.29 is 20.1 Å². The van der Waals surface area contributed by atoms with Crippen molar-refractivity contribution in [3.05, 3.63) is 11.6 Å². The number of ether oxygens (including phenoxy) is 1. The van der Waals surface area contributed by atoms with Crippen LogP contribution in [0.1, 0.15) is 12.6 Å². The molecule has 11 heteroatoms. The van der Waals surface area contributed by atoms with Crippen molar-refractivity contribution in [1.82, 2.24) is 19.5 Å². The highest BCUT2D eigenvalue weighted by atomic mass is 35.5. The molecule has 2 aromatic rings. The zero-order valence-corrected chi connectivity index (χ0v) is 12.6. The molecule has 2 aromatic heterocycles. The van der Waals surface area contributed by atoms with E-state index in [4.69, 9.17) is 33.0 Å². The van der Waals surface area contributed by atoms with Crippen molar-refractivity contribution in [3.8, 4) is 0 Å². The Balaban J connectivity index is 2.00. The van der Waals surface area contributed by atoms with Crippen molar-refractivity contribution >= 4 is 40.2 Å². The maximum Gasteiger partial charge on any atom is 0.226 e. The van der Waals surface area contributed by atoms with Gasteiger partial charge in [-0.2, -0.15) is 9.97 Å². The zero-order valence-electron chi connectivity index (χ0n) is 11.1. The number of alkyl halides is 1. The Morgan fingerprint density at radius 2 is 2.27 bits per heavy atom. The number of halogens is 2. The third-order valence-electron chi connectivity index (χ3n) is 3.34. The second-order valence-electron chi connectivity index (χ2n) is 4.76. The largest absolute Gasteiger partial charge is 0.394 e. The highest BCUT2D eigenvalue weighted by Crippen LogP contribution is 2.32. The molecule has 1 aliphatic heterocycles. The van der Waals surface area contributed by atoms with Gasteiger partial charge in [0, 0.05) is 6.42 Å². The third kappa shape index (κ3) is 2.83. The van der Waals surface area contributed by atoms with Gasteiger partial charge in [-0.3, -0.25) is 4.57 Å². The number of hydrogen-bond acceptors (Lipinski definition) is 8. The summed E-state index contributed by atoms with van der Waals surface area (Å²) in [5.41, 5.74) is -0.659. The smallest absolute Gasteiger partial charge is 0.226 e. The fourth-order valence-corrected chi connectivity index (χ4v) is 2.63. The summed E-state index contributed by atoms with van der Waals surface area (Å²) >= 11 is 11.3. The van der Waals surface area contributed by atoms with Crippen molar-refractivity contribution in [3.63, 3.8) is 0 Å². The Labute approximate surface area is 134 Å². The summed E-state index contributed by atoms with van der Waals surface area (Å²) in [7, 11) is 0. The number of nitrogens with zero attached hydrogens (tertiary/aromatic N) is 4. The van der Waals surface area contributed by atoms with Gasteiger partial charge in [-0.25, -0.2) is 4.98 Å². The van der Waals surface area contributed by atoms with Gasteiger partial charge in [0.15, 0.2) is 17.0 Å². The zero-order chi connectivity index (χ0) is 15.9.